The summed E-state index contributed by atoms with van der Waals surface area (Å²) in [4.78, 5) is 12.0. The van der Waals surface area contributed by atoms with Crippen LogP contribution in [0.15, 0.2) is 18.2 Å². The van der Waals surface area contributed by atoms with Gasteiger partial charge in [-0.2, -0.15) is 0 Å². The Hall–Kier alpha value is -1.59. The minimum atomic E-state index is -0.455. The van der Waals surface area contributed by atoms with E-state index < -0.39 is 6.10 Å². The maximum atomic E-state index is 12.0. The predicted octanol–water partition coefficient (Wildman–Crippen LogP) is 1.42. The summed E-state index contributed by atoms with van der Waals surface area (Å²) in [5, 5.41) is 15.4. The van der Waals surface area contributed by atoms with Crippen molar-refractivity contribution in [3.63, 3.8) is 0 Å². The topological polar surface area (TPSA) is 70.6 Å². The molecule has 0 spiro atoms. The molecule has 1 heterocycles. The number of ketones is 1. The molecule has 0 amide bonds. The molecule has 1 aromatic rings. The van der Waals surface area contributed by atoms with Gasteiger partial charge in [0, 0.05) is 12.1 Å². The Morgan fingerprint density at radius 3 is 3.00 bits per heavy atom. The van der Waals surface area contributed by atoms with Gasteiger partial charge >= 0.3 is 0 Å². The predicted molar refractivity (Wildman–Crippen MR) is 78.5 cm³/mol. The molecule has 0 aromatic heterocycles. The van der Waals surface area contributed by atoms with Crippen molar-refractivity contribution in [1.29, 1.82) is 0 Å². The average Bonchev–Trinajstić information content (AvgIpc) is 2.36. The smallest absolute Gasteiger partial charge is 0.176 e. The lowest BCUT2D eigenvalue weighted by molar-refractivity contribution is 0.0985. The first kappa shape index (κ1) is 14.8. The van der Waals surface area contributed by atoms with Crippen LogP contribution in [0.5, 0.6) is 5.75 Å². The molecule has 0 saturated heterocycles. The molecule has 1 aliphatic heterocycles. The van der Waals surface area contributed by atoms with Gasteiger partial charge in [-0.05, 0) is 39.0 Å². The number of anilines is 1. The highest BCUT2D eigenvalue weighted by Gasteiger charge is 2.26. The van der Waals surface area contributed by atoms with E-state index in [1.807, 2.05) is 26.0 Å². The highest BCUT2D eigenvalue weighted by molar-refractivity contribution is 5.98. The Morgan fingerprint density at radius 1 is 1.55 bits per heavy atom. The number of aliphatic hydroxyl groups is 1. The average molecular weight is 278 g/mol. The Morgan fingerprint density at radius 2 is 2.30 bits per heavy atom. The first-order chi connectivity index (χ1) is 9.37. The number of nitrogens with one attached hydrogen (secondary N) is 2. The van der Waals surface area contributed by atoms with Gasteiger partial charge in [0.15, 0.2) is 5.78 Å². The van der Waals surface area contributed by atoms with Crippen LogP contribution in [-0.2, 0) is 0 Å². The summed E-state index contributed by atoms with van der Waals surface area (Å²) >= 11 is 0. The molecule has 2 rings (SSSR count). The molecule has 0 aliphatic carbocycles. The van der Waals surface area contributed by atoms with Gasteiger partial charge < -0.3 is 20.5 Å². The van der Waals surface area contributed by atoms with Crippen molar-refractivity contribution in [2.24, 2.45) is 0 Å². The first-order valence-corrected chi connectivity index (χ1v) is 6.86. The molecular formula is C15H22N2O3. The van der Waals surface area contributed by atoms with Crippen LogP contribution in [-0.4, -0.2) is 42.2 Å². The summed E-state index contributed by atoms with van der Waals surface area (Å²) in [5.41, 5.74) is 1.25. The second-order valence-electron chi connectivity index (χ2n) is 5.83. The fourth-order valence-electron chi connectivity index (χ4n) is 2.07. The molecule has 0 saturated carbocycles. The van der Waals surface area contributed by atoms with E-state index in [1.54, 1.807) is 13.0 Å². The van der Waals surface area contributed by atoms with Crippen LogP contribution in [0.3, 0.4) is 0 Å². The number of carbonyl (C=O) groups excluding carboxylic acids is 1. The van der Waals surface area contributed by atoms with E-state index in [1.165, 1.54) is 0 Å². The molecule has 1 aliphatic rings. The maximum Gasteiger partial charge on any atom is 0.176 e. The van der Waals surface area contributed by atoms with E-state index in [-0.39, 0.29) is 17.9 Å². The molecule has 110 valence electrons. The van der Waals surface area contributed by atoms with Gasteiger partial charge in [0.2, 0.25) is 0 Å². The van der Waals surface area contributed by atoms with E-state index in [9.17, 15) is 4.79 Å². The molecule has 0 radical (unpaired) electrons. The van der Waals surface area contributed by atoms with Crippen molar-refractivity contribution in [2.45, 2.75) is 32.5 Å². The SMILES string of the molecule is CC(O)CNCC(=O)c1ccc2c(c1)NCC(C)(C)O2. The highest BCUT2D eigenvalue weighted by atomic mass is 16.5. The largest absolute Gasteiger partial charge is 0.484 e. The zero-order valence-corrected chi connectivity index (χ0v) is 12.2. The van der Waals surface area contributed by atoms with Crippen LogP contribution in [0.1, 0.15) is 31.1 Å². The number of benzene rings is 1. The zero-order valence-electron chi connectivity index (χ0n) is 12.2. The van der Waals surface area contributed by atoms with Gasteiger partial charge in [0.1, 0.15) is 11.4 Å². The van der Waals surface area contributed by atoms with Crippen LogP contribution < -0.4 is 15.4 Å². The van der Waals surface area contributed by atoms with Crippen molar-refractivity contribution in [2.75, 3.05) is 25.0 Å². The van der Waals surface area contributed by atoms with Gasteiger partial charge in [-0.3, -0.25) is 4.79 Å². The molecule has 1 unspecified atom stereocenters. The molecule has 5 nitrogen and oxygen atoms in total. The lowest BCUT2D eigenvalue weighted by atomic mass is 10.0. The minimum Gasteiger partial charge on any atom is -0.484 e. The summed E-state index contributed by atoms with van der Waals surface area (Å²) in [7, 11) is 0. The van der Waals surface area contributed by atoms with E-state index in [0.29, 0.717) is 18.7 Å². The second-order valence-corrected chi connectivity index (χ2v) is 5.83. The van der Waals surface area contributed by atoms with Crippen LogP contribution in [0.25, 0.3) is 0 Å². The lowest BCUT2D eigenvalue weighted by Gasteiger charge is -2.33. The van der Waals surface area contributed by atoms with Crippen molar-refractivity contribution in [3.8, 4) is 5.75 Å². The zero-order chi connectivity index (χ0) is 14.8. The number of hydrogen-bond acceptors (Lipinski definition) is 5. The van der Waals surface area contributed by atoms with Crippen LogP contribution in [0.2, 0.25) is 0 Å². The summed E-state index contributed by atoms with van der Waals surface area (Å²) < 4.78 is 5.84. The van der Waals surface area contributed by atoms with Gasteiger partial charge in [0.25, 0.3) is 0 Å². The highest BCUT2D eigenvalue weighted by Crippen LogP contribution is 2.33. The number of aliphatic hydroxyl groups excluding tert-OH is 1. The Balaban J connectivity index is 2.02. The molecule has 5 heteroatoms. The Kier molecular flexibility index (Phi) is 4.30. The van der Waals surface area contributed by atoms with E-state index in [4.69, 9.17) is 9.84 Å². The number of Topliss-reactive ketones (excluding diaryl/α,β-unsaturated/α-hetero) is 1. The van der Waals surface area contributed by atoms with Crippen LogP contribution in [0, 0.1) is 0 Å². The third-order valence-corrected chi connectivity index (χ3v) is 3.12. The summed E-state index contributed by atoms with van der Waals surface area (Å²) in [6.45, 7) is 7.05. The minimum absolute atomic E-state index is 0.0000775. The van der Waals surface area contributed by atoms with Gasteiger partial charge in [-0.1, -0.05) is 0 Å². The third-order valence-electron chi connectivity index (χ3n) is 3.12. The molecule has 1 aromatic carbocycles. The van der Waals surface area contributed by atoms with Crippen molar-refractivity contribution < 1.29 is 14.6 Å². The van der Waals surface area contributed by atoms with E-state index in [0.717, 1.165) is 11.4 Å². The maximum absolute atomic E-state index is 12.0. The van der Waals surface area contributed by atoms with Crippen molar-refractivity contribution >= 4 is 11.5 Å². The van der Waals surface area contributed by atoms with Crippen molar-refractivity contribution in [1.82, 2.24) is 5.32 Å². The van der Waals surface area contributed by atoms with Crippen molar-refractivity contribution in [3.05, 3.63) is 23.8 Å². The molecule has 1 atom stereocenters. The standard InChI is InChI=1S/C15H22N2O3/c1-10(18)7-16-8-13(19)11-4-5-14-12(6-11)17-9-15(2,3)20-14/h4-6,10,16-18H,7-9H2,1-3H3. The summed E-state index contributed by atoms with van der Waals surface area (Å²) in [6, 6.07) is 5.41. The fraction of sp³-hybridized carbons (Fsp3) is 0.533. The quantitative estimate of drug-likeness (QED) is 0.711. The molecule has 20 heavy (non-hydrogen) atoms. The Bertz CT molecular complexity index is 498. The number of fused-ring (bicyclic) bond motifs is 1. The monoisotopic (exact) mass is 278 g/mol. The second kappa shape index (κ2) is 5.81. The van der Waals surface area contributed by atoms with E-state index in [2.05, 4.69) is 10.6 Å². The van der Waals surface area contributed by atoms with Gasteiger partial charge in [-0.15, -0.1) is 0 Å². The van der Waals surface area contributed by atoms with E-state index >= 15 is 0 Å². The molecular weight excluding hydrogens is 256 g/mol. The molecule has 3 N–H and O–H groups in total. The summed E-state index contributed by atoms with van der Waals surface area (Å²) in [6.07, 6.45) is -0.455. The molecule has 0 bridgehead atoms. The first-order valence-electron chi connectivity index (χ1n) is 6.86. The van der Waals surface area contributed by atoms with Gasteiger partial charge in [-0.25, -0.2) is 0 Å². The Labute approximate surface area is 119 Å². The normalized spacial score (nSPS) is 17.6. The number of ether oxygens (including phenoxy) is 1. The number of hydrogen-bond donors (Lipinski definition) is 3. The number of carbonyl (C=O) groups is 1. The van der Waals surface area contributed by atoms with Crippen LogP contribution >= 0.6 is 0 Å². The van der Waals surface area contributed by atoms with Crippen LogP contribution in [0.4, 0.5) is 5.69 Å². The summed E-state index contributed by atoms with van der Waals surface area (Å²) in [5.74, 6) is 0.773. The van der Waals surface area contributed by atoms with Gasteiger partial charge in [0.05, 0.1) is 24.9 Å². The number of rotatable bonds is 5. The molecule has 0 fully saturated rings. The third kappa shape index (κ3) is 3.71. The fourth-order valence-corrected chi connectivity index (χ4v) is 2.07. The lowest BCUT2D eigenvalue weighted by Crippen LogP contribution is -2.40.